The smallest absolute Gasteiger partial charge is 0.120 e. The van der Waals surface area contributed by atoms with Crippen LogP contribution >= 0.6 is 0 Å². The molecule has 0 aromatic heterocycles. The van der Waals surface area contributed by atoms with Crippen LogP contribution in [-0.2, 0) is 11.2 Å². The van der Waals surface area contributed by atoms with Crippen molar-refractivity contribution in [2.75, 3.05) is 0 Å². The zero-order valence-corrected chi connectivity index (χ0v) is 9.49. The van der Waals surface area contributed by atoms with Crippen LogP contribution in [0.3, 0.4) is 0 Å². The minimum absolute atomic E-state index is 0.620. The molecule has 15 heavy (non-hydrogen) atoms. The Balaban J connectivity index is 2.66. The van der Waals surface area contributed by atoms with E-state index in [2.05, 4.69) is 44.2 Å². The molecule has 0 unspecified atom stereocenters. The van der Waals surface area contributed by atoms with Gasteiger partial charge in [0.15, 0.2) is 0 Å². The number of aldehydes is 1. The quantitative estimate of drug-likeness (QED) is 0.666. The maximum Gasteiger partial charge on any atom is 0.120 e. The minimum atomic E-state index is 0.620. The molecule has 0 fully saturated rings. The van der Waals surface area contributed by atoms with Crippen LogP contribution in [0.4, 0.5) is 0 Å². The fraction of sp³-hybridized carbons (Fsp3) is 0.357. The summed E-state index contributed by atoms with van der Waals surface area (Å²) in [6, 6.07) is 8.56. The number of benzene rings is 1. The molecule has 0 amide bonds. The monoisotopic (exact) mass is 202 g/mol. The van der Waals surface area contributed by atoms with Gasteiger partial charge >= 0.3 is 0 Å². The first-order valence-electron chi connectivity index (χ1n) is 5.46. The lowest BCUT2D eigenvalue weighted by Crippen LogP contribution is -1.82. The van der Waals surface area contributed by atoms with Gasteiger partial charge in [0.1, 0.15) is 6.29 Å². The van der Waals surface area contributed by atoms with Gasteiger partial charge in [-0.1, -0.05) is 42.8 Å². The lowest BCUT2D eigenvalue weighted by atomic mass is 10.1. The summed E-state index contributed by atoms with van der Waals surface area (Å²) in [5, 5.41) is 0. The van der Waals surface area contributed by atoms with Gasteiger partial charge in [0.2, 0.25) is 0 Å². The maximum absolute atomic E-state index is 10.2. The fourth-order valence-corrected chi connectivity index (χ4v) is 1.49. The van der Waals surface area contributed by atoms with E-state index in [9.17, 15) is 4.79 Å². The molecule has 0 bridgehead atoms. The molecular formula is C14H18O. The third kappa shape index (κ3) is 4.11. The van der Waals surface area contributed by atoms with Crippen molar-refractivity contribution in [2.45, 2.75) is 33.1 Å². The normalized spacial score (nSPS) is 11.5. The van der Waals surface area contributed by atoms with Gasteiger partial charge in [0.25, 0.3) is 0 Å². The van der Waals surface area contributed by atoms with Crippen LogP contribution in [0, 0.1) is 0 Å². The Hall–Kier alpha value is -1.37. The molecule has 1 rings (SSSR count). The minimum Gasteiger partial charge on any atom is -0.303 e. The van der Waals surface area contributed by atoms with Crippen LogP contribution in [0.2, 0.25) is 0 Å². The molecule has 1 heteroatoms. The van der Waals surface area contributed by atoms with Gasteiger partial charge in [-0.25, -0.2) is 0 Å². The van der Waals surface area contributed by atoms with E-state index in [0.29, 0.717) is 6.42 Å². The summed E-state index contributed by atoms with van der Waals surface area (Å²) < 4.78 is 0. The van der Waals surface area contributed by atoms with Crippen molar-refractivity contribution in [3.63, 3.8) is 0 Å². The molecule has 0 spiro atoms. The Morgan fingerprint density at radius 2 is 1.93 bits per heavy atom. The number of allylic oxidation sites excluding steroid dienone is 1. The van der Waals surface area contributed by atoms with Crippen molar-refractivity contribution in [1.82, 2.24) is 0 Å². The summed E-state index contributed by atoms with van der Waals surface area (Å²) in [5.74, 6) is 0. The Morgan fingerprint density at radius 3 is 2.47 bits per heavy atom. The molecule has 0 saturated carbocycles. The first-order chi connectivity index (χ1) is 7.26. The van der Waals surface area contributed by atoms with E-state index in [0.717, 1.165) is 19.1 Å². The lowest BCUT2D eigenvalue weighted by Gasteiger charge is -2.00. The SMILES string of the molecule is CCc1ccc(/C=C(\C)CCC=O)cc1. The van der Waals surface area contributed by atoms with Crippen LogP contribution < -0.4 is 0 Å². The Morgan fingerprint density at radius 1 is 1.27 bits per heavy atom. The molecule has 0 aliphatic rings. The van der Waals surface area contributed by atoms with E-state index >= 15 is 0 Å². The average molecular weight is 202 g/mol. The van der Waals surface area contributed by atoms with E-state index in [4.69, 9.17) is 0 Å². The van der Waals surface area contributed by atoms with E-state index in [-0.39, 0.29) is 0 Å². The number of carbonyl (C=O) groups is 1. The first kappa shape index (κ1) is 11.7. The summed E-state index contributed by atoms with van der Waals surface area (Å²) >= 11 is 0. The van der Waals surface area contributed by atoms with Crippen LogP contribution in [0.15, 0.2) is 29.8 Å². The second-order valence-corrected chi connectivity index (χ2v) is 3.79. The van der Waals surface area contributed by atoms with Crippen molar-refractivity contribution in [1.29, 1.82) is 0 Å². The molecule has 1 nitrogen and oxygen atoms in total. The van der Waals surface area contributed by atoms with Gasteiger partial charge in [0, 0.05) is 6.42 Å². The van der Waals surface area contributed by atoms with E-state index < -0.39 is 0 Å². The molecule has 0 heterocycles. The summed E-state index contributed by atoms with van der Waals surface area (Å²) in [7, 11) is 0. The topological polar surface area (TPSA) is 17.1 Å². The van der Waals surface area contributed by atoms with E-state index in [1.165, 1.54) is 16.7 Å². The predicted octanol–water partition coefficient (Wildman–Crippen LogP) is 3.63. The van der Waals surface area contributed by atoms with Crippen LogP contribution in [0.25, 0.3) is 6.08 Å². The van der Waals surface area contributed by atoms with Crippen LogP contribution in [-0.4, -0.2) is 6.29 Å². The highest BCUT2D eigenvalue weighted by Crippen LogP contribution is 2.12. The molecule has 0 aliphatic heterocycles. The molecule has 1 aromatic rings. The van der Waals surface area contributed by atoms with Crippen LogP contribution in [0.1, 0.15) is 37.8 Å². The third-order valence-corrected chi connectivity index (χ3v) is 2.46. The second kappa shape index (κ2) is 6.18. The molecule has 0 saturated heterocycles. The number of hydrogen-bond acceptors (Lipinski definition) is 1. The number of carbonyl (C=O) groups excluding carboxylic acids is 1. The van der Waals surface area contributed by atoms with Crippen LogP contribution in [0.5, 0.6) is 0 Å². The standard InChI is InChI=1S/C14H18O/c1-3-13-6-8-14(9-7-13)11-12(2)5-4-10-15/h6-11H,3-5H2,1-2H3/b12-11+. The number of rotatable bonds is 5. The van der Waals surface area contributed by atoms with Crippen molar-refractivity contribution in [3.8, 4) is 0 Å². The van der Waals surface area contributed by atoms with Crippen molar-refractivity contribution in [2.24, 2.45) is 0 Å². The first-order valence-corrected chi connectivity index (χ1v) is 5.46. The Kier molecular flexibility index (Phi) is 4.82. The molecule has 1 aromatic carbocycles. The van der Waals surface area contributed by atoms with Crippen molar-refractivity contribution in [3.05, 3.63) is 41.0 Å². The largest absolute Gasteiger partial charge is 0.303 e. The molecular weight excluding hydrogens is 184 g/mol. The number of hydrogen-bond donors (Lipinski definition) is 0. The summed E-state index contributed by atoms with van der Waals surface area (Å²) in [4.78, 5) is 10.2. The number of aryl methyl sites for hydroxylation is 1. The Bertz CT molecular complexity index is 333. The lowest BCUT2D eigenvalue weighted by molar-refractivity contribution is -0.107. The van der Waals surface area contributed by atoms with Gasteiger partial charge in [0.05, 0.1) is 0 Å². The van der Waals surface area contributed by atoms with Gasteiger partial charge < -0.3 is 4.79 Å². The molecule has 80 valence electrons. The zero-order chi connectivity index (χ0) is 11.1. The predicted molar refractivity (Wildman–Crippen MR) is 64.8 cm³/mol. The summed E-state index contributed by atoms with van der Waals surface area (Å²) in [6.45, 7) is 4.22. The van der Waals surface area contributed by atoms with Gasteiger partial charge in [-0.2, -0.15) is 0 Å². The van der Waals surface area contributed by atoms with Crippen molar-refractivity contribution < 1.29 is 4.79 Å². The molecule has 0 atom stereocenters. The highest BCUT2D eigenvalue weighted by molar-refractivity contribution is 5.55. The molecule has 0 radical (unpaired) electrons. The Labute approximate surface area is 91.8 Å². The summed E-state index contributed by atoms with van der Waals surface area (Å²) in [6.07, 6.45) is 5.67. The van der Waals surface area contributed by atoms with E-state index in [1.807, 2.05) is 0 Å². The van der Waals surface area contributed by atoms with Gasteiger partial charge in [-0.3, -0.25) is 0 Å². The highest BCUT2D eigenvalue weighted by Gasteiger charge is 1.92. The van der Waals surface area contributed by atoms with Crippen molar-refractivity contribution >= 4 is 12.4 Å². The maximum atomic E-state index is 10.2. The fourth-order valence-electron chi connectivity index (χ4n) is 1.49. The third-order valence-electron chi connectivity index (χ3n) is 2.46. The van der Waals surface area contributed by atoms with Gasteiger partial charge in [-0.15, -0.1) is 0 Å². The zero-order valence-electron chi connectivity index (χ0n) is 9.49. The second-order valence-electron chi connectivity index (χ2n) is 3.79. The van der Waals surface area contributed by atoms with Gasteiger partial charge in [-0.05, 0) is 30.9 Å². The molecule has 0 aliphatic carbocycles. The highest BCUT2D eigenvalue weighted by atomic mass is 16.1. The average Bonchev–Trinajstić information content (AvgIpc) is 2.27. The summed E-state index contributed by atoms with van der Waals surface area (Å²) in [5.41, 5.74) is 3.83. The molecule has 0 N–H and O–H groups in total. The van der Waals surface area contributed by atoms with E-state index in [1.54, 1.807) is 0 Å².